The lowest BCUT2D eigenvalue weighted by molar-refractivity contribution is 0.569. The monoisotopic (exact) mass is 165 g/mol. The first-order valence-corrected chi connectivity index (χ1v) is 4.68. The van der Waals surface area contributed by atoms with Gasteiger partial charge in [0.1, 0.15) is 0 Å². The molecular weight excluding hydrogens is 148 g/mol. The average molecular weight is 165 g/mol. The molecule has 0 aliphatic carbocycles. The van der Waals surface area contributed by atoms with E-state index in [0.29, 0.717) is 0 Å². The van der Waals surface area contributed by atoms with Gasteiger partial charge >= 0.3 is 0 Å². The number of rotatable bonds is 5. The Morgan fingerprint density at radius 2 is 1.92 bits per heavy atom. The highest BCUT2D eigenvalue weighted by Gasteiger charge is 2.00. The van der Waals surface area contributed by atoms with Gasteiger partial charge in [-0.25, -0.2) is 0 Å². The summed E-state index contributed by atoms with van der Waals surface area (Å²) in [6.07, 6.45) is 7.57. The topological polar surface area (TPSA) is 8.17 Å². The molecule has 0 bridgehead atoms. The van der Waals surface area contributed by atoms with Crippen molar-refractivity contribution in [1.82, 2.24) is 4.68 Å². The van der Waals surface area contributed by atoms with Crippen LogP contribution in [-0.2, 0) is 0 Å². The maximum absolute atomic E-state index is 3.15. The van der Waals surface area contributed by atoms with Crippen LogP contribution in [-0.4, -0.2) is 17.8 Å². The van der Waals surface area contributed by atoms with E-state index in [9.17, 15) is 0 Å². The zero-order valence-electron chi connectivity index (χ0n) is 7.95. The van der Waals surface area contributed by atoms with E-state index in [1.54, 1.807) is 0 Å². The van der Waals surface area contributed by atoms with Crippen LogP contribution in [0.15, 0.2) is 18.3 Å². The van der Waals surface area contributed by atoms with Gasteiger partial charge in [-0.05, 0) is 25.0 Å². The Morgan fingerprint density at radius 1 is 1.25 bits per heavy atom. The largest absolute Gasteiger partial charge is 0.313 e. The quantitative estimate of drug-likeness (QED) is 0.648. The van der Waals surface area contributed by atoms with Crippen molar-refractivity contribution in [2.24, 2.45) is 0 Å². The molecule has 1 aromatic rings. The molecule has 67 valence electrons. The van der Waals surface area contributed by atoms with E-state index in [1.807, 2.05) is 23.0 Å². The molecule has 0 spiro atoms. The predicted octanol–water partition coefficient (Wildman–Crippen LogP) is 2.05. The molecule has 2 nitrogen and oxygen atoms in total. The van der Waals surface area contributed by atoms with Gasteiger partial charge in [-0.3, -0.25) is 4.68 Å². The third-order valence-corrected chi connectivity index (χ3v) is 1.80. The Kier molecular flexibility index (Phi) is 3.71. The number of hydrogen-bond donors (Lipinski definition) is 0. The highest BCUT2D eigenvalue weighted by molar-refractivity contribution is 4.95. The molecular formula is C10H17N2. The van der Waals surface area contributed by atoms with Crippen molar-refractivity contribution in [3.63, 3.8) is 0 Å². The van der Waals surface area contributed by atoms with Gasteiger partial charge in [0.25, 0.3) is 0 Å². The molecule has 1 radical (unpaired) electrons. The fraction of sp³-hybridized carbons (Fsp3) is 0.600. The minimum atomic E-state index is 1.11. The molecule has 1 aromatic heterocycles. The molecule has 0 N–H and O–H groups in total. The van der Waals surface area contributed by atoms with Gasteiger partial charge in [-0.15, -0.1) is 0 Å². The molecule has 1 heterocycles. The van der Waals surface area contributed by atoms with Crippen LogP contribution in [0.25, 0.3) is 0 Å². The van der Waals surface area contributed by atoms with Crippen molar-refractivity contribution in [3.8, 4) is 0 Å². The summed E-state index contributed by atoms with van der Waals surface area (Å²) in [5.41, 5.74) is 0. The lowest BCUT2D eigenvalue weighted by Gasteiger charge is -2.24. The SMILES string of the molecule is CCCN(CCC)n1[c]ccc1. The molecule has 0 aliphatic rings. The summed E-state index contributed by atoms with van der Waals surface area (Å²) in [4.78, 5) is 0. The Morgan fingerprint density at radius 3 is 2.33 bits per heavy atom. The second kappa shape index (κ2) is 4.86. The van der Waals surface area contributed by atoms with Crippen LogP contribution in [0.4, 0.5) is 0 Å². The molecule has 0 atom stereocenters. The summed E-state index contributed by atoms with van der Waals surface area (Å²) in [7, 11) is 0. The van der Waals surface area contributed by atoms with Gasteiger partial charge in [-0.1, -0.05) is 13.8 Å². The van der Waals surface area contributed by atoms with Gasteiger partial charge in [-0.2, -0.15) is 0 Å². The average Bonchev–Trinajstić information content (AvgIpc) is 2.56. The number of aromatic nitrogens is 1. The Balaban J connectivity index is 2.53. The fourth-order valence-electron chi connectivity index (χ4n) is 1.31. The van der Waals surface area contributed by atoms with E-state index in [1.165, 1.54) is 12.8 Å². The maximum Gasteiger partial charge on any atom is 0.0878 e. The molecule has 0 aromatic carbocycles. The third kappa shape index (κ3) is 2.29. The van der Waals surface area contributed by atoms with Crippen molar-refractivity contribution in [1.29, 1.82) is 0 Å². The zero-order valence-corrected chi connectivity index (χ0v) is 7.95. The molecule has 0 aliphatic heterocycles. The van der Waals surface area contributed by atoms with Gasteiger partial charge in [0, 0.05) is 19.3 Å². The minimum absolute atomic E-state index is 1.11. The molecule has 0 amide bonds. The van der Waals surface area contributed by atoms with Gasteiger partial charge in [0.15, 0.2) is 0 Å². The van der Waals surface area contributed by atoms with Crippen LogP contribution in [0.2, 0.25) is 0 Å². The van der Waals surface area contributed by atoms with Gasteiger partial charge in [0.2, 0.25) is 0 Å². The summed E-state index contributed by atoms with van der Waals surface area (Å²) in [6.45, 7) is 6.62. The second-order valence-corrected chi connectivity index (χ2v) is 2.94. The normalized spacial score (nSPS) is 10.2. The lowest BCUT2D eigenvalue weighted by atomic mass is 10.4. The molecule has 12 heavy (non-hydrogen) atoms. The smallest absolute Gasteiger partial charge is 0.0878 e. The summed E-state index contributed by atoms with van der Waals surface area (Å²) in [5.74, 6) is 0. The molecule has 1 rings (SSSR count). The van der Waals surface area contributed by atoms with E-state index >= 15 is 0 Å². The van der Waals surface area contributed by atoms with E-state index < -0.39 is 0 Å². The Labute approximate surface area is 74.8 Å². The third-order valence-electron chi connectivity index (χ3n) is 1.80. The molecule has 0 saturated heterocycles. The highest BCUT2D eigenvalue weighted by Crippen LogP contribution is 1.95. The van der Waals surface area contributed by atoms with Crippen LogP contribution in [0.5, 0.6) is 0 Å². The first-order valence-electron chi connectivity index (χ1n) is 4.68. The van der Waals surface area contributed by atoms with Crippen molar-refractivity contribution < 1.29 is 0 Å². The highest BCUT2D eigenvalue weighted by atomic mass is 15.5. The van der Waals surface area contributed by atoms with Crippen LogP contribution >= 0.6 is 0 Å². The van der Waals surface area contributed by atoms with Gasteiger partial charge < -0.3 is 5.01 Å². The van der Waals surface area contributed by atoms with E-state index in [-0.39, 0.29) is 0 Å². The fourth-order valence-corrected chi connectivity index (χ4v) is 1.31. The molecule has 2 heteroatoms. The van der Waals surface area contributed by atoms with Gasteiger partial charge in [0.05, 0.1) is 6.20 Å². The van der Waals surface area contributed by atoms with Crippen LogP contribution in [0.1, 0.15) is 26.7 Å². The summed E-state index contributed by atoms with van der Waals surface area (Å²) in [6, 6.07) is 3.96. The van der Waals surface area contributed by atoms with Crippen molar-refractivity contribution in [2.75, 3.05) is 18.1 Å². The minimum Gasteiger partial charge on any atom is -0.313 e. The van der Waals surface area contributed by atoms with E-state index in [0.717, 1.165) is 13.1 Å². The van der Waals surface area contributed by atoms with Crippen molar-refractivity contribution in [2.45, 2.75) is 26.7 Å². The number of nitrogens with zero attached hydrogens (tertiary/aromatic N) is 2. The predicted molar refractivity (Wildman–Crippen MR) is 51.8 cm³/mol. The molecule has 0 unspecified atom stereocenters. The van der Waals surface area contributed by atoms with Crippen LogP contribution in [0, 0.1) is 6.20 Å². The molecule has 0 fully saturated rings. The first-order chi connectivity index (χ1) is 5.88. The van der Waals surface area contributed by atoms with Crippen molar-refractivity contribution in [3.05, 3.63) is 24.5 Å². The summed E-state index contributed by atoms with van der Waals surface area (Å²) >= 11 is 0. The van der Waals surface area contributed by atoms with Crippen molar-refractivity contribution >= 4 is 0 Å². The summed E-state index contributed by atoms with van der Waals surface area (Å²) < 4.78 is 2.05. The Hall–Kier alpha value is -0.920. The molecule has 0 saturated carbocycles. The standard InChI is InChI=1S/C10H17N2/c1-3-7-11(8-4-2)12-9-5-6-10-12/h5-6,9H,3-4,7-8H2,1-2H3. The van der Waals surface area contributed by atoms with E-state index in [4.69, 9.17) is 0 Å². The van der Waals surface area contributed by atoms with E-state index in [2.05, 4.69) is 25.1 Å². The Bertz CT molecular complexity index is 186. The van der Waals surface area contributed by atoms with Crippen LogP contribution in [0.3, 0.4) is 0 Å². The maximum atomic E-state index is 3.15. The lowest BCUT2D eigenvalue weighted by Crippen LogP contribution is -2.34. The summed E-state index contributed by atoms with van der Waals surface area (Å²) in [5, 5.41) is 2.31. The zero-order chi connectivity index (χ0) is 8.81. The first kappa shape index (κ1) is 9.17. The number of hydrogen-bond acceptors (Lipinski definition) is 1. The van der Waals surface area contributed by atoms with Crippen LogP contribution < -0.4 is 5.01 Å². The second-order valence-electron chi connectivity index (χ2n) is 2.94.